The maximum Gasteiger partial charge on any atom is 0.0210 e. The van der Waals surface area contributed by atoms with Crippen LogP contribution >= 0.6 is 31.9 Å². The van der Waals surface area contributed by atoms with Gasteiger partial charge < -0.3 is 5.73 Å². The first-order chi connectivity index (χ1) is 7.35. The molecule has 0 aliphatic carbocycles. The number of aryl methyl sites for hydroxylation is 2. The van der Waals surface area contributed by atoms with Crippen LogP contribution < -0.4 is 5.73 Å². The fourth-order valence-corrected chi connectivity index (χ4v) is 2.50. The van der Waals surface area contributed by atoms with Gasteiger partial charge in [0.05, 0.1) is 0 Å². The first kappa shape index (κ1) is 14.2. The molecule has 90 valence electrons. The van der Waals surface area contributed by atoms with Gasteiger partial charge in [-0.2, -0.15) is 0 Å². The van der Waals surface area contributed by atoms with Gasteiger partial charge in [0, 0.05) is 8.95 Å². The molecule has 0 aliphatic rings. The molecule has 0 radical (unpaired) electrons. The van der Waals surface area contributed by atoms with Crippen LogP contribution in [0.15, 0.2) is 21.1 Å². The van der Waals surface area contributed by atoms with Crippen molar-refractivity contribution in [2.45, 2.75) is 33.6 Å². The van der Waals surface area contributed by atoms with Gasteiger partial charge in [0.1, 0.15) is 0 Å². The summed E-state index contributed by atoms with van der Waals surface area (Å²) in [6.07, 6.45) is 2.17. The Balaban J connectivity index is 2.79. The van der Waals surface area contributed by atoms with Crippen molar-refractivity contribution in [2.24, 2.45) is 11.1 Å². The molecule has 2 N–H and O–H groups in total. The zero-order valence-electron chi connectivity index (χ0n) is 10.1. The molecule has 1 aromatic carbocycles. The summed E-state index contributed by atoms with van der Waals surface area (Å²) in [6.45, 7) is 7.26. The van der Waals surface area contributed by atoms with Gasteiger partial charge in [0.25, 0.3) is 0 Å². The van der Waals surface area contributed by atoms with Crippen molar-refractivity contribution in [3.8, 4) is 0 Å². The molecule has 0 aromatic heterocycles. The van der Waals surface area contributed by atoms with Crippen molar-refractivity contribution in [1.29, 1.82) is 0 Å². The van der Waals surface area contributed by atoms with Crippen LogP contribution in [0, 0.1) is 12.3 Å². The summed E-state index contributed by atoms with van der Waals surface area (Å²) in [6, 6.07) is 4.36. The molecule has 0 heterocycles. The van der Waals surface area contributed by atoms with Gasteiger partial charge in [-0.15, -0.1) is 0 Å². The van der Waals surface area contributed by atoms with Crippen molar-refractivity contribution in [2.75, 3.05) is 6.54 Å². The quantitative estimate of drug-likeness (QED) is 0.855. The Bertz CT molecular complexity index is 372. The molecular weight excluding hydrogens is 330 g/mol. The fourth-order valence-electron chi connectivity index (χ4n) is 1.45. The second-order valence-corrected chi connectivity index (χ2v) is 6.77. The van der Waals surface area contributed by atoms with Crippen LogP contribution in [0.25, 0.3) is 0 Å². The average Bonchev–Trinajstić information content (AvgIpc) is 2.22. The van der Waals surface area contributed by atoms with Gasteiger partial charge in [-0.3, -0.25) is 0 Å². The van der Waals surface area contributed by atoms with E-state index in [4.69, 9.17) is 5.73 Å². The number of rotatable bonds is 4. The van der Waals surface area contributed by atoms with E-state index >= 15 is 0 Å². The molecule has 0 saturated carbocycles. The van der Waals surface area contributed by atoms with Gasteiger partial charge in [-0.25, -0.2) is 0 Å². The van der Waals surface area contributed by atoms with Gasteiger partial charge in [-0.1, -0.05) is 45.7 Å². The Morgan fingerprint density at radius 3 is 2.38 bits per heavy atom. The molecule has 0 amide bonds. The molecule has 0 spiro atoms. The smallest absolute Gasteiger partial charge is 0.0210 e. The van der Waals surface area contributed by atoms with E-state index in [1.165, 1.54) is 20.1 Å². The highest BCUT2D eigenvalue weighted by Gasteiger charge is 2.16. The number of benzene rings is 1. The second-order valence-electron chi connectivity index (χ2n) is 5.06. The minimum atomic E-state index is 0.219. The fraction of sp³-hybridized carbons (Fsp3) is 0.538. The SMILES string of the molecule is Cc1cc(Br)c(CCC(C)(C)CN)cc1Br. The summed E-state index contributed by atoms with van der Waals surface area (Å²) in [5, 5.41) is 0. The molecule has 0 saturated heterocycles. The zero-order valence-corrected chi connectivity index (χ0v) is 13.3. The normalized spacial score (nSPS) is 11.9. The minimum Gasteiger partial charge on any atom is -0.330 e. The minimum absolute atomic E-state index is 0.219. The molecule has 0 unspecified atom stereocenters. The summed E-state index contributed by atoms with van der Waals surface area (Å²) in [5.74, 6) is 0. The summed E-state index contributed by atoms with van der Waals surface area (Å²) in [5.41, 5.74) is 8.56. The van der Waals surface area contributed by atoms with E-state index in [0.717, 1.165) is 19.4 Å². The Kier molecular flexibility index (Phi) is 5.02. The second kappa shape index (κ2) is 5.65. The lowest BCUT2D eigenvalue weighted by Crippen LogP contribution is -2.24. The van der Waals surface area contributed by atoms with Gasteiger partial charge in [-0.05, 0) is 55.0 Å². The average molecular weight is 349 g/mol. The van der Waals surface area contributed by atoms with Crippen molar-refractivity contribution in [1.82, 2.24) is 0 Å². The molecule has 3 heteroatoms. The van der Waals surface area contributed by atoms with Crippen LogP contribution in [0.4, 0.5) is 0 Å². The number of hydrogen-bond donors (Lipinski definition) is 1. The van der Waals surface area contributed by atoms with Crippen LogP contribution in [0.1, 0.15) is 31.4 Å². The van der Waals surface area contributed by atoms with E-state index in [1.54, 1.807) is 0 Å². The van der Waals surface area contributed by atoms with E-state index < -0.39 is 0 Å². The van der Waals surface area contributed by atoms with Crippen LogP contribution in [-0.2, 0) is 6.42 Å². The number of hydrogen-bond acceptors (Lipinski definition) is 1. The van der Waals surface area contributed by atoms with E-state index in [0.29, 0.717) is 0 Å². The standard InChI is InChI=1S/C13H19Br2N/c1-9-6-12(15)10(7-11(9)14)4-5-13(2,3)8-16/h6-7H,4-5,8,16H2,1-3H3. The molecule has 16 heavy (non-hydrogen) atoms. The number of halogens is 2. The predicted octanol–water partition coefficient (Wildman–Crippen LogP) is 4.44. The van der Waals surface area contributed by atoms with E-state index in [1.807, 2.05) is 0 Å². The Morgan fingerprint density at radius 2 is 1.81 bits per heavy atom. The lowest BCUT2D eigenvalue weighted by atomic mass is 9.86. The molecule has 0 bridgehead atoms. The predicted molar refractivity (Wildman–Crippen MR) is 77.7 cm³/mol. The molecule has 1 rings (SSSR count). The number of nitrogens with two attached hydrogens (primary N) is 1. The Hall–Kier alpha value is 0.140. The molecule has 1 nitrogen and oxygen atoms in total. The highest BCUT2D eigenvalue weighted by atomic mass is 79.9. The molecule has 1 aromatic rings. The third-order valence-electron chi connectivity index (χ3n) is 2.95. The molecular formula is C13H19Br2N. The van der Waals surface area contributed by atoms with Crippen LogP contribution in [0.2, 0.25) is 0 Å². The Labute approximate surface area is 115 Å². The largest absolute Gasteiger partial charge is 0.330 e. The molecule has 0 fully saturated rings. The molecule has 0 aliphatic heterocycles. The Morgan fingerprint density at radius 1 is 1.19 bits per heavy atom. The van der Waals surface area contributed by atoms with Crippen molar-refractivity contribution >= 4 is 31.9 Å². The lowest BCUT2D eigenvalue weighted by Gasteiger charge is -2.22. The summed E-state index contributed by atoms with van der Waals surface area (Å²) in [7, 11) is 0. The van der Waals surface area contributed by atoms with Crippen LogP contribution in [-0.4, -0.2) is 6.54 Å². The van der Waals surface area contributed by atoms with Gasteiger partial charge in [0.15, 0.2) is 0 Å². The van der Waals surface area contributed by atoms with Gasteiger partial charge in [0.2, 0.25) is 0 Å². The summed E-state index contributed by atoms with van der Waals surface area (Å²) in [4.78, 5) is 0. The molecule has 0 atom stereocenters. The third-order valence-corrected chi connectivity index (χ3v) is 4.54. The monoisotopic (exact) mass is 347 g/mol. The zero-order chi connectivity index (χ0) is 12.3. The highest BCUT2D eigenvalue weighted by Crippen LogP contribution is 2.29. The van der Waals surface area contributed by atoms with E-state index in [-0.39, 0.29) is 5.41 Å². The maximum absolute atomic E-state index is 5.74. The lowest BCUT2D eigenvalue weighted by molar-refractivity contribution is 0.347. The van der Waals surface area contributed by atoms with E-state index in [9.17, 15) is 0 Å². The first-order valence-electron chi connectivity index (χ1n) is 5.50. The highest BCUT2D eigenvalue weighted by molar-refractivity contribution is 9.11. The van der Waals surface area contributed by atoms with Gasteiger partial charge >= 0.3 is 0 Å². The maximum atomic E-state index is 5.74. The van der Waals surface area contributed by atoms with Crippen molar-refractivity contribution in [3.05, 3.63) is 32.2 Å². The van der Waals surface area contributed by atoms with Crippen LogP contribution in [0.3, 0.4) is 0 Å². The summed E-state index contributed by atoms with van der Waals surface area (Å²) >= 11 is 7.19. The first-order valence-corrected chi connectivity index (χ1v) is 7.09. The van der Waals surface area contributed by atoms with Crippen LogP contribution in [0.5, 0.6) is 0 Å². The topological polar surface area (TPSA) is 26.0 Å². The van der Waals surface area contributed by atoms with Crippen molar-refractivity contribution in [3.63, 3.8) is 0 Å². The third kappa shape index (κ3) is 3.86. The summed E-state index contributed by atoms with van der Waals surface area (Å²) < 4.78 is 2.37. The van der Waals surface area contributed by atoms with Crippen molar-refractivity contribution < 1.29 is 0 Å². The van der Waals surface area contributed by atoms with E-state index in [2.05, 4.69) is 64.8 Å².